The largest absolute Gasteiger partial charge is 0.504 e. The summed E-state index contributed by atoms with van der Waals surface area (Å²) in [6, 6.07) is 12.6. The number of methoxy groups -OCH3 is 1. The lowest BCUT2D eigenvalue weighted by Crippen LogP contribution is -2.35. The van der Waals surface area contributed by atoms with Gasteiger partial charge in [-0.25, -0.2) is 4.98 Å². The van der Waals surface area contributed by atoms with Crippen molar-refractivity contribution in [1.29, 1.82) is 0 Å². The van der Waals surface area contributed by atoms with Crippen molar-refractivity contribution < 1.29 is 9.84 Å². The topological polar surface area (TPSA) is 78.5 Å². The highest BCUT2D eigenvalue weighted by Crippen LogP contribution is 2.27. The van der Waals surface area contributed by atoms with E-state index in [2.05, 4.69) is 14.9 Å². The van der Waals surface area contributed by atoms with E-state index in [1.807, 2.05) is 18.2 Å². The van der Waals surface area contributed by atoms with E-state index in [-0.39, 0.29) is 11.3 Å². The molecule has 28 heavy (non-hydrogen) atoms. The number of hydrogen-bond acceptors (Lipinski definition) is 5. The van der Waals surface area contributed by atoms with Gasteiger partial charge in [0.1, 0.15) is 5.82 Å². The Morgan fingerprint density at radius 3 is 2.75 bits per heavy atom. The number of rotatable bonds is 4. The summed E-state index contributed by atoms with van der Waals surface area (Å²) in [6.45, 7) is 1.94. The first-order valence-electron chi connectivity index (χ1n) is 9.00. The minimum Gasteiger partial charge on any atom is -0.504 e. The van der Waals surface area contributed by atoms with Crippen LogP contribution in [-0.4, -0.2) is 33.6 Å². The summed E-state index contributed by atoms with van der Waals surface area (Å²) in [5, 5.41) is 10.6. The number of aromatic amines is 1. The number of halogens is 1. The van der Waals surface area contributed by atoms with Gasteiger partial charge in [0.15, 0.2) is 11.5 Å². The molecule has 2 heterocycles. The summed E-state index contributed by atoms with van der Waals surface area (Å²) in [4.78, 5) is 22.4. The number of aromatic nitrogens is 2. The third-order valence-electron chi connectivity index (χ3n) is 4.91. The van der Waals surface area contributed by atoms with Crippen LogP contribution in [0.2, 0.25) is 5.02 Å². The molecule has 0 unspecified atom stereocenters. The summed E-state index contributed by atoms with van der Waals surface area (Å²) in [7, 11) is 1.52. The van der Waals surface area contributed by atoms with Crippen LogP contribution >= 0.6 is 11.6 Å². The van der Waals surface area contributed by atoms with Gasteiger partial charge < -0.3 is 14.8 Å². The molecule has 1 aliphatic heterocycles. The van der Waals surface area contributed by atoms with Gasteiger partial charge >= 0.3 is 0 Å². The van der Waals surface area contributed by atoms with Gasteiger partial charge in [-0.15, -0.1) is 0 Å². The fraction of sp³-hybridized carbons (Fsp3) is 0.238. The van der Waals surface area contributed by atoms with Gasteiger partial charge in [0.05, 0.1) is 18.4 Å². The average Bonchev–Trinajstić information content (AvgIpc) is 2.69. The smallest absolute Gasteiger partial charge is 0.255 e. The fourth-order valence-electron chi connectivity index (χ4n) is 3.45. The lowest BCUT2D eigenvalue weighted by Gasteiger charge is -2.27. The first kappa shape index (κ1) is 18.5. The Kier molecular flexibility index (Phi) is 5.07. The molecule has 1 aliphatic rings. The fourth-order valence-corrected chi connectivity index (χ4v) is 3.58. The van der Waals surface area contributed by atoms with Crippen molar-refractivity contribution in [1.82, 2.24) is 14.9 Å². The molecule has 0 bridgehead atoms. The highest BCUT2D eigenvalue weighted by Gasteiger charge is 2.22. The number of phenols is 1. The Morgan fingerprint density at radius 1 is 1.25 bits per heavy atom. The third-order valence-corrected chi connectivity index (χ3v) is 5.17. The van der Waals surface area contributed by atoms with Gasteiger partial charge in [-0.3, -0.25) is 9.69 Å². The number of ether oxygens (including phenoxy) is 1. The van der Waals surface area contributed by atoms with Crippen LogP contribution in [0.25, 0.3) is 11.4 Å². The molecule has 0 radical (unpaired) electrons. The minimum absolute atomic E-state index is 0.114. The van der Waals surface area contributed by atoms with E-state index in [4.69, 9.17) is 16.3 Å². The van der Waals surface area contributed by atoms with E-state index >= 15 is 0 Å². The summed E-state index contributed by atoms with van der Waals surface area (Å²) >= 11 is 5.93. The van der Waals surface area contributed by atoms with Crippen LogP contribution in [-0.2, 0) is 19.5 Å². The van der Waals surface area contributed by atoms with Crippen LogP contribution in [0.5, 0.6) is 11.5 Å². The van der Waals surface area contributed by atoms with Crippen molar-refractivity contribution in [2.24, 2.45) is 0 Å². The van der Waals surface area contributed by atoms with Gasteiger partial charge in [0.2, 0.25) is 0 Å². The van der Waals surface area contributed by atoms with Gasteiger partial charge in [0, 0.05) is 36.6 Å². The molecule has 2 N–H and O–H groups in total. The number of H-pyrrole nitrogens is 1. The zero-order valence-corrected chi connectivity index (χ0v) is 16.2. The number of nitrogens with one attached hydrogen (secondary N) is 1. The quantitative estimate of drug-likeness (QED) is 0.705. The molecular formula is C21H20ClN3O3. The van der Waals surface area contributed by atoms with Crippen molar-refractivity contribution in [3.8, 4) is 22.9 Å². The van der Waals surface area contributed by atoms with Gasteiger partial charge in [0.25, 0.3) is 5.56 Å². The summed E-state index contributed by atoms with van der Waals surface area (Å²) in [6.07, 6.45) is 0.696. The van der Waals surface area contributed by atoms with Crippen molar-refractivity contribution >= 4 is 11.6 Å². The Labute approximate surface area is 167 Å². The van der Waals surface area contributed by atoms with Crippen molar-refractivity contribution in [2.75, 3.05) is 13.7 Å². The summed E-state index contributed by atoms with van der Waals surface area (Å²) < 4.78 is 5.08. The van der Waals surface area contributed by atoms with Crippen molar-refractivity contribution in [3.05, 3.63) is 74.7 Å². The lowest BCUT2D eigenvalue weighted by molar-refractivity contribution is 0.241. The van der Waals surface area contributed by atoms with E-state index in [9.17, 15) is 9.90 Å². The summed E-state index contributed by atoms with van der Waals surface area (Å²) in [5.41, 5.74) is 3.21. The molecule has 2 aromatic carbocycles. The number of fused-ring (bicyclic) bond motifs is 1. The maximum absolute atomic E-state index is 12.7. The monoisotopic (exact) mass is 397 g/mol. The van der Waals surface area contributed by atoms with Gasteiger partial charge in [-0.2, -0.15) is 0 Å². The molecule has 7 heteroatoms. The molecule has 0 spiro atoms. The molecule has 1 aromatic heterocycles. The molecule has 0 fully saturated rings. The standard InChI is InChI=1S/C21H20ClN3O3/c1-28-19-7-2-13(10-18(19)26)11-25-9-8-17-16(12-25)21(27)24-20(23-17)14-3-5-15(22)6-4-14/h2-7,10,26H,8-9,11-12H2,1H3,(H,23,24,27). The normalized spacial score (nSPS) is 13.9. The minimum atomic E-state index is -0.114. The van der Waals surface area contributed by atoms with Crippen LogP contribution in [0.3, 0.4) is 0 Å². The second kappa shape index (κ2) is 7.66. The van der Waals surface area contributed by atoms with Crippen LogP contribution < -0.4 is 10.3 Å². The molecule has 0 saturated carbocycles. The summed E-state index contributed by atoms with van der Waals surface area (Å²) in [5.74, 6) is 1.13. The second-order valence-corrected chi connectivity index (χ2v) is 7.25. The third kappa shape index (κ3) is 3.74. The van der Waals surface area contributed by atoms with Crippen molar-refractivity contribution in [2.45, 2.75) is 19.5 Å². The molecule has 0 atom stereocenters. The molecule has 0 aliphatic carbocycles. The van der Waals surface area contributed by atoms with E-state index in [1.54, 1.807) is 24.3 Å². The lowest BCUT2D eigenvalue weighted by atomic mass is 10.1. The van der Waals surface area contributed by atoms with Crippen LogP contribution in [0.15, 0.2) is 47.3 Å². The number of aromatic hydroxyl groups is 1. The Bertz CT molecular complexity index is 1060. The molecular weight excluding hydrogens is 378 g/mol. The van der Waals surface area contributed by atoms with E-state index in [0.717, 1.165) is 23.4 Å². The molecule has 3 aromatic rings. The molecule has 6 nitrogen and oxygen atoms in total. The van der Waals surface area contributed by atoms with Crippen LogP contribution in [0.1, 0.15) is 16.8 Å². The molecule has 0 amide bonds. The van der Waals surface area contributed by atoms with E-state index < -0.39 is 0 Å². The maximum atomic E-state index is 12.7. The van der Waals surface area contributed by atoms with E-state index in [1.165, 1.54) is 7.11 Å². The zero-order chi connectivity index (χ0) is 19.7. The average molecular weight is 398 g/mol. The number of phenolic OH excluding ortho intramolecular Hbond substituents is 1. The Hall–Kier alpha value is -2.83. The van der Waals surface area contributed by atoms with Gasteiger partial charge in [-0.1, -0.05) is 17.7 Å². The number of hydrogen-bond donors (Lipinski definition) is 2. The predicted molar refractivity (Wildman–Crippen MR) is 108 cm³/mol. The van der Waals surface area contributed by atoms with Crippen LogP contribution in [0, 0.1) is 0 Å². The Morgan fingerprint density at radius 2 is 2.04 bits per heavy atom. The molecule has 0 saturated heterocycles. The van der Waals surface area contributed by atoms with Crippen molar-refractivity contribution in [3.63, 3.8) is 0 Å². The highest BCUT2D eigenvalue weighted by molar-refractivity contribution is 6.30. The number of benzene rings is 2. The van der Waals surface area contributed by atoms with Gasteiger partial charge in [-0.05, 0) is 42.0 Å². The van der Waals surface area contributed by atoms with E-state index in [0.29, 0.717) is 41.7 Å². The molecule has 4 rings (SSSR count). The Balaban J connectivity index is 1.55. The number of nitrogens with zero attached hydrogens (tertiary/aromatic N) is 2. The zero-order valence-electron chi connectivity index (χ0n) is 15.4. The molecule has 144 valence electrons. The first-order valence-corrected chi connectivity index (χ1v) is 9.37. The maximum Gasteiger partial charge on any atom is 0.255 e. The first-order chi connectivity index (χ1) is 13.5. The van der Waals surface area contributed by atoms with Crippen LogP contribution in [0.4, 0.5) is 0 Å². The predicted octanol–water partition coefficient (Wildman–Crippen LogP) is 3.36. The second-order valence-electron chi connectivity index (χ2n) is 6.81. The highest BCUT2D eigenvalue weighted by atomic mass is 35.5. The SMILES string of the molecule is COc1ccc(CN2CCc3nc(-c4ccc(Cl)cc4)[nH]c(=O)c3C2)cc1O.